The fourth-order valence-corrected chi connectivity index (χ4v) is 4.04. The number of nitrogens with zero attached hydrogens (tertiary/aromatic N) is 6. The summed E-state index contributed by atoms with van der Waals surface area (Å²) in [6.07, 6.45) is 3.19. The molecule has 4 heterocycles. The molecule has 4 aromatic heterocycles. The molecule has 0 aliphatic heterocycles. The molecular formula is C21H17N7O2S. The quantitative estimate of drug-likeness (QED) is 0.456. The molecule has 10 heteroatoms. The minimum absolute atomic E-state index is 0.233. The maximum absolute atomic E-state index is 12.8. The summed E-state index contributed by atoms with van der Waals surface area (Å²) in [6, 6.07) is 13.2. The Balaban J connectivity index is 1.40. The highest BCUT2D eigenvalue weighted by Gasteiger charge is 2.19. The molecule has 1 aromatic carbocycles. The minimum Gasteiger partial charge on any atom is -0.497 e. The number of hydrogen-bond acceptors (Lipinski definition) is 7. The van der Waals surface area contributed by atoms with Crippen LogP contribution in [0.25, 0.3) is 22.0 Å². The lowest BCUT2D eigenvalue weighted by atomic mass is 10.2. The van der Waals surface area contributed by atoms with Crippen LogP contribution >= 0.6 is 11.3 Å². The second-order valence-corrected chi connectivity index (χ2v) is 7.51. The number of thiazole rings is 1. The Bertz CT molecular complexity index is 1370. The third kappa shape index (κ3) is 3.42. The van der Waals surface area contributed by atoms with Crippen molar-refractivity contribution in [3.05, 3.63) is 71.5 Å². The van der Waals surface area contributed by atoms with E-state index >= 15 is 0 Å². The zero-order valence-electron chi connectivity index (χ0n) is 16.7. The summed E-state index contributed by atoms with van der Waals surface area (Å²) < 4.78 is 8.55. The molecule has 0 aliphatic rings. The Hall–Kier alpha value is -4.05. The molecule has 0 unspecified atom stereocenters. The third-order valence-corrected chi connectivity index (χ3v) is 5.63. The number of nitrogens with one attached hydrogen (secondary N) is 1. The second-order valence-electron chi connectivity index (χ2n) is 6.68. The van der Waals surface area contributed by atoms with Gasteiger partial charge >= 0.3 is 0 Å². The van der Waals surface area contributed by atoms with E-state index in [9.17, 15) is 4.79 Å². The predicted octanol–water partition coefficient (Wildman–Crippen LogP) is 3.61. The number of benzene rings is 1. The van der Waals surface area contributed by atoms with Crippen LogP contribution in [-0.2, 0) is 0 Å². The normalized spacial score (nSPS) is 11.0. The Kier molecular flexibility index (Phi) is 4.68. The Morgan fingerprint density at radius 3 is 2.74 bits per heavy atom. The summed E-state index contributed by atoms with van der Waals surface area (Å²) in [5, 5.41) is 13.5. The van der Waals surface area contributed by atoms with Crippen LogP contribution in [0.15, 0.2) is 60.2 Å². The fraction of sp³-hybridized carbons (Fsp3) is 0.0952. The zero-order valence-corrected chi connectivity index (χ0v) is 17.5. The van der Waals surface area contributed by atoms with Crippen LogP contribution in [0.1, 0.15) is 16.1 Å². The van der Waals surface area contributed by atoms with E-state index in [2.05, 4.69) is 25.5 Å². The molecule has 5 aromatic rings. The molecule has 9 nitrogen and oxygen atoms in total. The number of pyridine rings is 1. The molecule has 1 N–H and O–H groups in total. The number of aromatic nitrogens is 6. The van der Waals surface area contributed by atoms with Crippen LogP contribution in [0, 0.1) is 6.92 Å². The molecule has 0 saturated carbocycles. The molecule has 0 bridgehead atoms. The van der Waals surface area contributed by atoms with Gasteiger partial charge in [-0.1, -0.05) is 6.07 Å². The van der Waals surface area contributed by atoms with Gasteiger partial charge in [-0.05, 0) is 43.3 Å². The van der Waals surface area contributed by atoms with E-state index in [4.69, 9.17) is 4.74 Å². The van der Waals surface area contributed by atoms with Crippen LogP contribution in [-0.4, -0.2) is 42.4 Å². The topological polar surface area (TPSA) is 99.2 Å². The number of carbonyl (C=O) groups excluding carboxylic acids is 1. The van der Waals surface area contributed by atoms with Crippen molar-refractivity contribution < 1.29 is 9.53 Å². The molecule has 31 heavy (non-hydrogen) atoms. The molecule has 0 radical (unpaired) electrons. The predicted molar refractivity (Wildman–Crippen MR) is 117 cm³/mol. The maximum Gasteiger partial charge on any atom is 0.261 e. The number of ether oxygens (including phenoxy) is 1. The van der Waals surface area contributed by atoms with Crippen LogP contribution < -0.4 is 10.1 Å². The smallest absolute Gasteiger partial charge is 0.261 e. The highest BCUT2D eigenvalue weighted by molar-refractivity contribution is 7.15. The number of anilines is 1. The van der Waals surface area contributed by atoms with Crippen molar-refractivity contribution in [2.75, 3.05) is 12.4 Å². The van der Waals surface area contributed by atoms with Gasteiger partial charge in [-0.25, -0.2) is 14.2 Å². The lowest BCUT2D eigenvalue weighted by Crippen LogP contribution is -2.14. The van der Waals surface area contributed by atoms with E-state index in [-0.39, 0.29) is 11.9 Å². The highest BCUT2D eigenvalue weighted by atomic mass is 32.1. The van der Waals surface area contributed by atoms with Crippen LogP contribution in [0.4, 0.5) is 5.95 Å². The molecule has 0 saturated heterocycles. The van der Waals surface area contributed by atoms with Gasteiger partial charge in [0.15, 0.2) is 5.82 Å². The number of amides is 1. The summed E-state index contributed by atoms with van der Waals surface area (Å²) in [5.41, 5.74) is 2.97. The molecule has 1 amide bonds. The standard InChI is InChI=1S/C21H17N7O2S/c1-13-16(11-23-27(13)18-5-3-4-10-22-18)19(29)24-20-25-21-28(26-20)17(12-31-21)14-6-8-15(30-2)9-7-14/h3-12H,1-2H3,(H,24,26,29). The van der Waals surface area contributed by atoms with Crippen molar-refractivity contribution in [2.24, 2.45) is 0 Å². The summed E-state index contributed by atoms with van der Waals surface area (Å²) in [5.74, 6) is 1.33. The van der Waals surface area contributed by atoms with Gasteiger partial charge in [0.05, 0.1) is 30.3 Å². The minimum atomic E-state index is -0.330. The summed E-state index contributed by atoms with van der Waals surface area (Å²) in [4.78, 5) is 22.2. The number of carbonyl (C=O) groups is 1. The van der Waals surface area contributed by atoms with Gasteiger partial charge in [0.2, 0.25) is 4.96 Å². The first kappa shape index (κ1) is 18.9. The van der Waals surface area contributed by atoms with Gasteiger partial charge in [-0.15, -0.1) is 16.4 Å². The fourth-order valence-electron chi connectivity index (χ4n) is 3.21. The van der Waals surface area contributed by atoms with Gasteiger partial charge in [-0.3, -0.25) is 10.1 Å². The van der Waals surface area contributed by atoms with Gasteiger partial charge < -0.3 is 4.74 Å². The highest BCUT2D eigenvalue weighted by Crippen LogP contribution is 2.27. The Labute approximate surface area is 181 Å². The SMILES string of the molecule is COc1ccc(-c2csc3nc(NC(=O)c4cnn(-c5ccccn5)c4C)nn23)cc1. The summed E-state index contributed by atoms with van der Waals surface area (Å²) in [7, 11) is 1.63. The molecule has 154 valence electrons. The van der Waals surface area contributed by atoms with Crippen molar-refractivity contribution >= 4 is 28.2 Å². The number of fused-ring (bicyclic) bond motifs is 1. The van der Waals surface area contributed by atoms with Crippen LogP contribution in [0.5, 0.6) is 5.75 Å². The lowest BCUT2D eigenvalue weighted by molar-refractivity contribution is 0.102. The first-order valence-electron chi connectivity index (χ1n) is 9.40. The molecular weight excluding hydrogens is 414 g/mol. The van der Waals surface area contributed by atoms with E-state index < -0.39 is 0 Å². The average Bonchev–Trinajstić information content (AvgIpc) is 3.48. The number of rotatable bonds is 5. The van der Waals surface area contributed by atoms with E-state index in [0.29, 0.717) is 22.0 Å². The van der Waals surface area contributed by atoms with E-state index in [1.807, 2.05) is 54.8 Å². The molecule has 0 atom stereocenters. The van der Waals surface area contributed by atoms with Gasteiger partial charge in [0.25, 0.3) is 11.9 Å². The molecule has 5 rings (SSSR count). The first-order valence-corrected chi connectivity index (χ1v) is 10.3. The van der Waals surface area contributed by atoms with Gasteiger partial charge in [0, 0.05) is 17.1 Å². The van der Waals surface area contributed by atoms with E-state index in [1.54, 1.807) is 22.5 Å². The monoisotopic (exact) mass is 431 g/mol. The Morgan fingerprint density at radius 1 is 1.16 bits per heavy atom. The number of methoxy groups -OCH3 is 1. The van der Waals surface area contributed by atoms with Crippen LogP contribution in [0.2, 0.25) is 0 Å². The van der Waals surface area contributed by atoms with E-state index in [1.165, 1.54) is 17.5 Å². The molecule has 0 fully saturated rings. The van der Waals surface area contributed by atoms with Crippen molar-refractivity contribution in [3.8, 4) is 22.8 Å². The maximum atomic E-state index is 12.8. The second kappa shape index (κ2) is 7.65. The van der Waals surface area contributed by atoms with E-state index in [0.717, 1.165) is 17.0 Å². The summed E-state index contributed by atoms with van der Waals surface area (Å²) in [6.45, 7) is 1.82. The third-order valence-electron chi connectivity index (χ3n) is 4.81. The lowest BCUT2D eigenvalue weighted by Gasteiger charge is -2.04. The van der Waals surface area contributed by atoms with Crippen molar-refractivity contribution in [1.82, 2.24) is 29.4 Å². The Morgan fingerprint density at radius 2 is 2.00 bits per heavy atom. The van der Waals surface area contributed by atoms with Crippen molar-refractivity contribution in [2.45, 2.75) is 6.92 Å². The van der Waals surface area contributed by atoms with Gasteiger partial charge in [-0.2, -0.15) is 10.1 Å². The number of hydrogen-bond donors (Lipinski definition) is 1. The van der Waals surface area contributed by atoms with Crippen molar-refractivity contribution in [3.63, 3.8) is 0 Å². The average molecular weight is 431 g/mol. The van der Waals surface area contributed by atoms with Crippen LogP contribution in [0.3, 0.4) is 0 Å². The zero-order chi connectivity index (χ0) is 21.4. The molecule has 0 aliphatic carbocycles. The summed E-state index contributed by atoms with van der Waals surface area (Å²) >= 11 is 1.45. The largest absolute Gasteiger partial charge is 0.497 e. The van der Waals surface area contributed by atoms with Gasteiger partial charge in [0.1, 0.15) is 5.75 Å². The first-order chi connectivity index (χ1) is 15.1. The van der Waals surface area contributed by atoms with Crippen molar-refractivity contribution in [1.29, 1.82) is 0 Å². The molecule has 0 spiro atoms.